The van der Waals surface area contributed by atoms with Crippen molar-refractivity contribution in [2.75, 3.05) is 10.6 Å². The van der Waals surface area contributed by atoms with Gasteiger partial charge in [0.15, 0.2) is 5.82 Å². The van der Waals surface area contributed by atoms with Crippen molar-refractivity contribution in [2.24, 2.45) is 0 Å². The van der Waals surface area contributed by atoms with E-state index in [1.54, 1.807) is 0 Å². The van der Waals surface area contributed by atoms with Gasteiger partial charge in [0.1, 0.15) is 5.82 Å². The highest BCUT2D eigenvalue weighted by Gasteiger charge is 2.23. The lowest BCUT2D eigenvalue weighted by atomic mass is 10.3. The van der Waals surface area contributed by atoms with Gasteiger partial charge in [0.25, 0.3) is 0 Å². The highest BCUT2D eigenvalue weighted by Crippen LogP contribution is 2.23. The Kier molecular flexibility index (Phi) is 4.94. The number of aliphatic carboxylic acids is 1. The summed E-state index contributed by atoms with van der Waals surface area (Å²) >= 11 is 0. The summed E-state index contributed by atoms with van der Waals surface area (Å²) in [5.74, 6) is -1.63. The van der Waals surface area contributed by atoms with Gasteiger partial charge in [-0.15, -0.1) is 0 Å². The Balaban J connectivity index is 2.23. The zero-order chi connectivity index (χ0) is 17.0. The van der Waals surface area contributed by atoms with E-state index in [1.807, 2.05) is 0 Å². The van der Waals surface area contributed by atoms with Gasteiger partial charge >= 0.3 is 5.97 Å². The van der Waals surface area contributed by atoms with E-state index in [4.69, 9.17) is 9.63 Å². The van der Waals surface area contributed by atoms with Crippen LogP contribution in [0, 0.1) is 5.82 Å². The predicted molar refractivity (Wildman–Crippen MR) is 77.7 cm³/mol. The molecule has 124 valence electrons. The van der Waals surface area contributed by atoms with Crippen molar-refractivity contribution in [1.82, 2.24) is 10.1 Å². The quantitative estimate of drug-likeness (QED) is 0.803. The van der Waals surface area contributed by atoms with Crippen LogP contribution in [0.15, 0.2) is 28.8 Å². The highest BCUT2D eigenvalue weighted by atomic mass is 32.2. The summed E-state index contributed by atoms with van der Waals surface area (Å²) in [7, 11) is -3.78. The molecule has 0 spiro atoms. The molecular weight excluding hydrogens is 329 g/mol. The van der Waals surface area contributed by atoms with Crippen LogP contribution in [0.25, 0.3) is 0 Å². The molecule has 0 saturated carbocycles. The van der Waals surface area contributed by atoms with Crippen LogP contribution in [0.3, 0.4) is 0 Å². The van der Waals surface area contributed by atoms with Crippen molar-refractivity contribution < 1.29 is 27.2 Å². The minimum Gasteiger partial charge on any atom is -0.481 e. The number of hydrogen-bond acceptors (Lipinski definition) is 6. The van der Waals surface area contributed by atoms with Gasteiger partial charge < -0.3 is 9.63 Å². The molecule has 0 saturated heterocycles. The Hall–Kier alpha value is -2.49. The van der Waals surface area contributed by atoms with Crippen LogP contribution < -0.4 is 4.31 Å². The van der Waals surface area contributed by atoms with Crippen LogP contribution in [0.4, 0.5) is 10.1 Å². The summed E-state index contributed by atoms with van der Waals surface area (Å²) in [6.45, 7) is -0.323. The maximum Gasteiger partial charge on any atom is 0.303 e. The van der Waals surface area contributed by atoms with E-state index in [-0.39, 0.29) is 36.8 Å². The number of carboxylic acids is 1. The second kappa shape index (κ2) is 6.73. The zero-order valence-electron chi connectivity index (χ0n) is 12.1. The van der Waals surface area contributed by atoms with Gasteiger partial charge in [0.05, 0.1) is 24.9 Å². The van der Waals surface area contributed by atoms with E-state index in [0.29, 0.717) is 0 Å². The number of carboxylic acid groups (broad SMARTS) is 1. The molecule has 0 unspecified atom stereocenters. The zero-order valence-corrected chi connectivity index (χ0v) is 13.0. The third kappa shape index (κ3) is 4.49. The molecular formula is C13H14FN3O5S. The number of aryl methyl sites for hydroxylation is 1. The molecule has 2 aromatic rings. The lowest BCUT2D eigenvalue weighted by Gasteiger charge is -2.21. The van der Waals surface area contributed by atoms with Crippen molar-refractivity contribution in [3.05, 3.63) is 41.8 Å². The molecule has 0 aliphatic heterocycles. The summed E-state index contributed by atoms with van der Waals surface area (Å²) in [6, 6.07) is 5.41. The first kappa shape index (κ1) is 16.9. The van der Waals surface area contributed by atoms with E-state index >= 15 is 0 Å². The molecule has 1 heterocycles. The molecule has 0 amide bonds. The molecule has 0 bridgehead atoms. The van der Waals surface area contributed by atoms with Crippen LogP contribution in [0.1, 0.15) is 18.1 Å². The molecule has 0 atom stereocenters. The Morgan fingerprint density at radius 3 is 2.70 bits per heavy atom. The van der Waals surface area contributed by atoms with Crippen LogP contribution in [-0.2, 0) is 27.8 Å². The van der Waals surface area contributed by atoms with Crippen LogP contribution in [0.2, 0.25) is 0 Å². The van der Waals surface area contributed by atoms with Crippen molar-refractivity contribution in [2.45, 2.75) is 19.4 Å². The van der Waals surface area contributed by atoms with Crippen molar-refractivity contribution in [3.63, 3.8) is 0 Å². The number of para-hydroxylation sites is 1. The van der Waals surface area contributed by atoms with Crippen molar-refractivity contribution in [3.8, 4) is 0 Å². The smallest absolute Gasteiger partial charge is 0.303 e. The summed E-state index contributed by atoms with van der Waals surface area (Å²) in [5.41, 5.74) is -0.133. The Labute approximate surface area is 131 Å². The third-order valence-corrected chi connectivity index (χ3v) is 4.00. The van der Waals surface area contributed by atoms with E-state index in [1.165, 1.54) is 18.2 Å². The summed E-state index contributed by atoms with van der Waals surface area (Å²) in [4.78, 5) is 14.4. The predicted octanol–water partition coefficient (Wildman–Crippen LogP) is 1.19. The molecule has 10 heteroatoms. The fraction of sp³-hybridized carbons (Fsp3) is 0.308. The largest absolute Gasteiger partial charge is 0.481 e. The Morgan fingerprint density at radius 2 is 2.09 bits per heavy atom. The van der Waals surface area contributed by atoms with Crippen molar-refractivity contribution >= 4 is 21.7 Å². The molecule has 0 aliphatic rings. The fourth-order valence-corrected chi connectivity index (χ4v) is 2.69. The lowest BCUT2D eigenvalue weighted by Crippen LogP contribution is -2.30. The van der Waals surface area contributed by atoms with Gasteiger partial charge in [0, 0.05) is 6.42 Å². The maximum atomic E-state index is 13.9. The summed E-state index contributed by atoms with van der Waals surface area (Å²) < 4.78 is 43.3. The number of sulfonamides is 1. The Bertz CT molecular complexity index is 805. The molecule has 1 aromatic carbocycles. The standard InChI is InChI=1S/C13H14FN3O5S/c1-23(20,21)17(10-5-3-2-4-9(10)14)8-11-15-12(22-16-11)6-7-13(18)19/h2-5H,6-8H2,1H3,(H,18,19). The van der Waals surface area contributed by atoms with Crippen LogP contribution in [0.5, 0.6) is 0 Å². The van der Waals surface area contributed by atoms with Gasteiger partial charge in [-0.2, -0.15) is 4.98 Å². The van der Waals surface area contributed by atoms with Gasteiger partial charge in [-0.05, 0) is 12.1 Å². The number of hydrogen-bond donors (Lipinski definition) is 1. The topological polar surface area (TPSA) is 114 Å². The lowest BCUT2D eigenvalue weighted by molar-refractivity contribution is -0.137. The molecule has 23 heavy (non-hydrogen) atoms. The van der Waals surface area contributed by atoms with Crippen LogP contribution in [-0.4, -0.2) is 35.9 Å². The normalized spacial score (nSPS) is 11.4. The minimum atomic E-state index is -3.78. The number of carbonyl (C=O) groups is 1. The van der Waals surface area contributed by atoms with E-state index in [0.717, 1.165) is 16.6 Å². The molecule has 0 fully saturated rings. The molecule has 0 aliphatic carbocycles. The van der Waals surface area contributed by atoms with E-state index in [9.17, 15) is 17.6 Å². The number of benzene rings is 1. The summed E-state index contributed by atoms with van der Waals surface area (Å²) in [5, 5.41) is 12.2. The average molecular weight is 343 g/mol. The second-order valence-electron chi connectivity index (χ2n) is 4.72. The summed E-state index contributed by atoms with van der Waals surface area (Å²) in [6.07, 6.45) is 0.774. The molecule has 0 radical (unpaired) electrons. The van der Waals surface area contributed by atoms with Crippen molar-refractivity contribution in [1.29, 1.82) is 0 Å². The molecule has 8 nitrogen and oxygen atoms in total. The number of rotatable bonds is 7. The van der Waals surface area contributed by atoms with Gasteiger partial charge in [-0.1, -0.05) is 17.3 Å². The number of aromatic nitrogens is 2. The van der Waals surface area contributed by atoms with E-state index in [2.05, 4.69) is 10.1 Å². The van der Waals surface area contributed by atoms with Gasteiger partial charge in [0.2, 0.25) is 15.9 Å². The van der Waals surface area contributed by atoms with Gasteiger partial charge in [-0.25, -0.2) is 12.8 Å². The second-order valence-corrected chi connectivity index (χ2v) is 6.63. The minimum absolute atomic E-state index is 0.0130. The molecule has 1 aromatic heterocycles. The first-order valence-corrected chi connectivity index (χ1v) is 8.37. The van der Waals surface area contributed by atoms with Gasteiger partial charge in [-0.3, -0.25) is 9.10 Å². The number of halogens is 1. The molecule has 2 rings (SSSR count). The first-order chi connectivity index (χ1) is 10.8. The average Bonchev–Trinajstić information content (AvgIpc) is 2.90. The first-order valence-electron chi connectivity index (χ1n) is 6.53. The number of anilines is 1. The Morgan fingerprint density at radius 1 is 1.39 bits per heavy atom. The number of nitrogens with zero attached hydrogens (tertiary/aromatic N) is 3. The monoisotopic (exact) mass is 343 g/mol. The highest BCUT2D eigenvalue weighted by molar-refractivity contribution is 7.92. The SMILES string of the molecule is CS(=O)(=O)N(Cc1noc(CCC(=O)O)n1)c1ccccc1F. The third-order valence-electron chi connectivity index (χ3n) is 2.87. The van der Waals surface area contributed by atoms with Crippen LogP contribution >= 0.6 is 0 Å². The fourth-order valence-electron chi connectivity index (χ4n) is 1.83. The molecule has 1 N–H and O–H groups in total. The van der Waals surface area contributed by atoms with E-state index < -0.39 is 21.8 Å². The maximum absolute atomic E-state index is 13.9.